The summed E-state index contributed by atoms with van der Waals surface area (Å²) in [5.41, 5.74) is 1.49. The number of amides is 3. The Morgan fingerprint density at radius 3 is 2.67 bits per heavy atom. The number of rotatable bonds is 7. The molecule has 1 aliphatic rings. The van der Waals surface area contributed by atoms with Gasteiger partial charge in [0.2, 0.25) is 23.5 Å². The molecule has 10 heteroatoms. The van der Waals surface area contributed by atoms with Crippen LogP contribution in [0.2, 0.25) is 0 Å². The first-order chi connectivity index (χ1) is 15.9. The summed E-state index contributed by atoms with van der Waals surface area (Å²) in [5, 5.41) is 11.8. The Morgan fingerprint density at radius 1 is 1.15 bits per heavy atom. The molecule has 170 valence electrons. The second kappa shape index (κ2) is 9.51. The van der Waals surface area contributed by atoms with Crippen LogP contribution in [0.3, 0.4) is 0 Å². The molecular formula is C23H23N5O5. The van der Waals surface area contributed by atoms with Gasteiger partial charge in [-0.3, -0.25) is 14.4 Å². The minimum absolute atomic E-state index is 0.0110. The van der Waals surface area contributed by atoms with Gasteiger partial charge in [0.15, 0.2) is 0 Å². The zero-order chi connectivity index (χ0) is 23.4. The summed E-state index contributed by atoms with van der Waals surface area (Å²) in [7, 11) is 0. The van der Waals surface area contributed by atoms with Gasteiger partial charge in [-0.2, -0.15) is 4.98 Å². The molecule has 0 radical (unpaired) electrons. The van der Waals surface area contributed by atoms with Gasteiger partial charge in [0.1, 0.15) is 11.8 Å². The molecule has 33 heavy (non-hydrogen) atoms. The zero-order valence-corrected chi connectivity index (χ0v) is 18.1. The van der Waals surface area contributed by atoms with Crippen LogP contribution in [0.15, 0.2) is 53.1 Å². The lowest BCUT2D eigenvalue weighted by Crippen LogP contribution is -2.44. The number of hydrogen-bond donors (Lipinski definition) is 3. The van der Waals surface area contributed by atoms with E-state index < -0.39 is 23.8 Å². The summed E-state index contributed by atoms with van der Waals surface area (Å²) in [6, 6.07) is 12.9. The summed E-state index contributed by atoms with van der Waals surface area (Å²) >= 11 is 0. The Kier molecular flexibility index (Phi) is 6.34. The largest absolute Gasteiger partial charge is 0.491 e. The van der Waals surface area contributed by atoms with Crippen LogP contribution in [0.25, 0.3) is 11.4 Å². The molecule has 0 saturated carbocycles. The first-order valence-corrected chi connectivity index (χ1v) is 10.5. The van der Waals surface area contributed by atoms with E-state index in [0.29, 0.717) is 17.1 Å². The Balaban J connectivity index is 1.32. The first-order valence-electron chi connectivity index (χ1n) is 10.5. The molecule has 2 aromatic carbocycles. The predicted octanol–water partition coefficient (Wildman–Crippen LogP) is 2.28. The highest BCUT2D eigenvalue weighted by Gasteiger charge is 2.29. The van der Waals surface area contributed by atoms with Gasteiger partial charge in [-0.05, 0) is 50.2 Å². The lowest BCUT2D eigenvalue weighted by Gasteiger charge is -2.13. The van der Waals surface area contributed by atoms with Crippen LogP contribution in [0.1, 0.15) is 36.5 Å². The number of ether oxygens (including phenoxy) is 1. The SMILES string of the molecule is CC(C)Oc1ccc(-c2noc(CNC(=O)C[C@H]3NC(=O)c4ccccc4NC3=O)n2)cc1. The summed E-state index contributed by atoms with van der Waals surface area (Å²) in [4.78, 5) is 41.4. The summed E-state index contributed by atoms with van der Waals surface area (Å²) in [5.74, 6) is -0.00790. The van der Waals surface area contributed by atoms with Crippen molar-refractivity contribution < 1.29 is 23.6 Å². The van der Waals surface area contributed by atoms with Crippen LogP contribution in [0.4, 0.5) is 5.69 Å². The average molecular weight is 449 g/mol. The molecule has 10 nitrogen and oxygen atoms in total. The number of para-hydroxylation sites is 1. The normalized spacial score (nSPS) is 15.3. The molecule has 0 aliphatic carbocycles. The van der Waals surface area contributed by atoms with E-state index in [9.17, 15) is 14.4 Å². The molecule has 0 bridgehead atoms. The van der Waals surface area contributed by atoms with Crippen LogP contribution in [-0.4, -0.2) is 40.0 Å². The third-order valence-corrected chi connectivity index (χ3v) is 4.83. The van der Waals surface area contributed by atoms with Gasteiger partial charge in [-0.1, -0.05) is 17.3 Å². The van der Waals surface area contributed by atoms with Crippen LogP contribution < -0.4 is 20.7 Å². The standard InChI is InChI=1S/C23H23N5O5/c1-13(2)32-15-9-7-14(8-10-15)21-27-20(33-28-21)12-24-19(29)11-18-23(31)25-17-6-4-3-5-16(17)22(30)26-18/h3-10,13,18H,11-12H2,1-2H3,(H,24,29)(H,25,31)(H,26,30)/t18-/m1/s1. The smallest absolute Gasteiger partial charge is 0.254 e. The minimum atomic E-state index is -1.00. The number of nitrogens with one attached hydrogen (secondary N) is 3. The van der Waals surface area contributed by atoms with E-state index in [4.69, 9.17) is 9.26 Å². The molecule has 1 aliphatic heterocycles. The molecule has 3 aromatic rings. The molecule has 1 aromatic heterocycles. The lowest BCUT2D eigenvalue weighted by molar-refractivity contribution is -0.125. The van der Waals surface area contributed by atoms with Gasteiger partial charge in [0, 0.05) is 5.56 Å². The fourth-order valence-electron chi connectivity index (χ4n) is 3.29. The van der Waals surface area contributed by atoms with Gasteiger partial charge in [0.05, 0.1) is 30.3 Å². The average Bonchev–Trinajstić information content (AvgIpc) is 3.22. The monoisotopic (exact) mass is 449 g/mol. The van der Waals surface area contributed by atoms with Crippen molar-refractivity contribution in [2.75, 3.05) is 5.32 Å². The summed E-state index contributed by atoms with van der Waals surface area (Å²) in [6.07, 6.45) is -0.159. The van der Waals surface area contributed by atoms with E-state index in [0.717, 1.165) is 11.3 Å². The Labute approximate surface area is 189 Å². The fraction of sp³-hybridized carbons (Fsp3) is 0.261. The summed E-state index contributed by atoms with van der Waals surface area (Å²) < 4.78 is 10.8. The molecule has 2 heterocycles. The van der Waals surface area contributed by atoms with Crippen molar-refractivity contribution in [2.45, 2.75) is 39.0 Å². The zero-order valence-electron chi connectivity index (χ0n) is 18.1. The van der Waals surface area contributed by atoms with Crippen LogP contribution in [0, 0.1) is 0 Å². The van der Waals surface area contributed by atoms with Crippen LogP contribution in [-0.2, 0) is 16.1 Å². The maximum absolute atomic E-state index is 12.4. The third-order valence-electron chi connectivity index (χ3n) is 4.83. The van der Waals surface area contributed by atoms with Gasteiger partial charge < -0.3 is 25.2 Å². The van der Waals surface area contributed by atoms with Gasteiger partial charge in [-0.25, -0.2) is 0 Å². The highest BCUT2D eigenvalue weighted by atomic mass is 16.5. The molecule has 3 N–H and O–H groups in total. The van der Waals surface area contributed by atoms with E-state index in [1.54, 1.807) is 24.3 Å². The second-order valence-corrected chi connectivity index (χ2v) is 7.74. The maximum Gasteiger partial charge on any atom is 0.254 e. The van der Waals surface area contributed by atoms with Gasteiger partial charge >= 0.3 is 0 Å². The van der Waals surface area contributed by atoms with E-state index in [1.165, 1.54) is 0 Å². The number of fused-ring (bicyclic) bond motifs is 1. The molecular weight excluding hydrogens is 426 g/mol. The predicted molar refractivity (Wildman–Crippen MR) is 118 cm³/mol. The topological polar surface area (TPSA) is 135 Å². The number of benzene rings is 2. The minimum Gasteiger partial charge on any atom is -0.491 e. The van der Waals surface area contributed by atoms with Crippen molar-refractivity contribution in [1.82, 2.24) is 20.8 Å². The summed E-state index contributed by atoms with van der Waals surface area (Å²) in [6.45, 7) is 3.88. The first kappa shape index (κ1) is 22.0. The van der Waals surface area contributed by atoms with Crippen molar-refractivity contribution in [2.24, 2.45) is 0 Å². The Bertz CT molecular complexity index is 1170. The molecule has 0 saturated heterocycles. The number of aromatic nitrogens is 2. The van der Waals surface area contributed by atoms with E-state index in [1.807, 2.05) is 38.1 Å². The number of hydrogen-bond acceptors (Lipinski definition) is 7. The molecule has 0 unspecified atom stereocenters. The van der Waals surface area contributed by atoms with E-state index in [-0.39, 0.29) is 25.0 Å². The molecule has 0 spiro atoms. The Morgan fingerprint density at radius 2 is 1.91 bits per heavy atom. The van der Waals surface area contributed by atoms with Crippen LogP contribution in [0.5, 0.6) is 5.75 Å². The van der Waals surface area contributed by atoms with Crippen LogP contribution >= 0.6 is 0 Å². The van der Waals surface area contributed by atoms with E-state index in [2.05, 4.69) is 26.1 Å². The maximum atomic E-state index is 12.4. The molecule has 4 rings (SSSR count). The van der Waals surface area contributed by atoms with Crippen molar-refractivity contribution in [3.8, 4) is 17.1 Å². The number of nitrogens with zero attached hydrogens (tertiary/aromatic N) is 2. The highest BCUT2D eigenvalue weighted by molar-refractivity contribution is 6.10. The Hall–Kier alpha value is -4.21. The number of carbonyl (C=O) groups is 3. The molecule has 3 amide bonds. The van der Waals surface area contributed by atoms with Gasteiger partial charge in [-0.15, -0.1) is 0 Å². The van der Waals surface area contributed by atoms with Crippen molar-refractivity contribution in [3.05, 3.63) is 60.0 Å². The number of anilines is 1. The van der Waals surface area contributed by atoms with Crippen molar-refractivity contribution in [3.63, 3.8) is 0 Å². The fourth-order valence-corrected chi connectivity index (χ4v) is 3.29. The van der Waals surface area contributed by atoms with Crippen molar-refractivity contribution >= 4 is 23.4 Å². The molecule has 1 atom stereocenters. The quantitative estimate of drug-likeness (QED) is 0.503. The highest BCUT2D eigenvalue weighted by Crippen LogP contribution is 2.21. The molecule has 0 fully saturated rings. The van der Waals surface area contributed by atoms with Crippen molar-refractivity contribution in [1.29, 1.82) is 0 Å². The third kappa shape index (κ3) is 5.35. The number of carbonyl (C=O) groups excluding carboxylic acids is 3. The van der Waals surface area contributed by atoms with Gasteiger partial charge in [0.25, 0.3) is 5.91 Å². The second-order valence-electron chi connectivity index (χ2n) is 7.74. The van der Waals surface area contributed by atoms with E-state index >= 15 is 0 Å². The lowest BCUT2D eigenvalue weighted by atomic mass is 10.1.